The summed E-state index contributed by atoms with van der Waals surface area (Å²) < 4.78 is 1.78. The Balaban J connectivity index is 1.95. The fraction of sp³-hybridized carbons (Fsp3) is 0.727. The van der Waals surface area contributed by atoms with Crippen LogP contribution in [-0.2, 0) is 17.8 Å². The standard InChI is InChI=1S/C11H18N4O/c1-3-15-11(13-7-14-15)4-10(16)8(2)9-5-12-6-9/h7-9,12H,3-6H2,1-2H3. The van der Waals surface area contributed by atoms with E-state index in [0.29, 0.717) is 12.3 Å². The van der Waals surface area contributed by atoms with Crippen molar-refractivity contribution < 1.29 is 4.79 Å². The lowest BCUT2D eigenvalue weighted by Crippen LogP contribution is -2.47. The third-order valence-electron chi connectivity index (χ3n) is 3.36. The summed E-state index contributed by atoms with van der Waals surface area (Å²) in [6, 6.07) is 0. The lowest BCUT2D eigenvalue weighted by Gasteiger charge is -2.31. The van der Waals surface area contributed by atoms with E-state index in [9.17, 15) is 4.79 Å². The van der Waals surface area contributed by atoms with Crippen LogP contribution in [-0.4, -0.2) is 33.6 Å². The van der Waals surface area contributed by atoms with Crippen molar-refractivity contribution in [1.82, 2.24) is 20.1 Å². The number of nitrogens with one attached hydrogen (secondary N) is 1. The van der Waals surface area contributed by atoms with E-state index in [1.807, 2.05) is 13.8 Å². The lowest BCUT2D eigenvalue weighted by molar-refractivity contribution is -0.124. The van der Waals surface area contributed by atoms with Crippen LogP contribution in [0.1, 0.15) is 19.7 Å². The minimum Gasteiger partial charge on any atom is -0.316 e. The van der Waals surface area contributed by atoms with Gasteiger partial charge in [0.1, 0.15) is 17.9 Å². The van der Waals surface area contributed by atoms with Gasteiger partial charge in [0.05, 0.1) is 6.42 Å². The predicted molar refractivity (Wildman–Crippen MR) is 59.9 cm³/mol. The molecular formula is C11H18N4O. The molecule has 1 aliphatic rings. The molecule has 1 unspecified atom stereocenters. The zero-order valence-corrected chi connectivity index (χ0v) is 9.81. The van der Waals surface area contributed by atoms with Crippen molar-refractivity contribution >= 4 is 5.78 Å². The van der Waals surface area contributed by atoms with E-state index in [4.69, 9.17) is 0 Å². The number of hydrogen-bond donors (Lipinski definition) is 1. The summed E-state index contributed by atoms with van der Waals surface area (Å²) in [7, 11) is 0. The molecule has 1 fully saturated rings. The van der Waals surface area contributed by atoms with E-state index in [1.165, 1.54) is 6.33 Å². The number of carbonyl (C=O) groups excluding carboxylic acids is 1. The molecule has 88 valence electrons. The highest BCUT2D eigenvalue weighted by atomic mass is 16.1. The van der Waals surface area contributed by atoms with Crippen LogP contribution in [0, 0.1) is 11.8 Å². The van der Waals surface area contributed by atoms with Crippen LogP contribution in [0.25, 0.3) is 0 Å². The highest BCUT2D eigenvalue weighted by Gasteiger charge is 2.29. The first-order valence-corrected chi connectivity index (χ1v) is 5.82. The maximum absolute atomic E-state index is 12.0. The van der Waals surface area contributed by atoms with E-state index >= 15 is 0 Å². The topological polar surface area (TPSA) is 59.8 Å². The van der Waals surface area contributed by atoms with Gasteiger partial charge >= 0.3 is 0 Å². The molecule has 2 heterocycles. The Kier molecular flexibility index (Phi) is 3.33. The highest BCUT2D eigenvalue weighted by molar-refractivity contribution is 5.82. The van der Waals surface area contributed by atoms with Gasteiger partial charge in [-0.25, -0.2) is 9.67 Å². The fourth-order valence-electron chi connectivity index (χ4n) is 1.93. The number of aryl methyl sites for hydroxylation is 1. The fourth-order valence-corrected chi connectivity index (χ4v) is 1.93. The maximum atomic E-state index is 12.0. The van der Waals surface area contributed by atoms with Gasteiger partial charge in [0.25, 0.3) is 0 Å². The van der Waals surface area contributed by atoms with E-state index in [-0.39, 0.29) is 11.7 Å². The molecule has 0 bridgehead atoms. The Bertz CT molecular complexity index is 370. The summed E-state index contributed by atoms with van der Waals surface area (Å²) in [4.78, 5) is 16.1. The molecule has 5 nitrogen and oxygen atoms in total. The number of nitrogens with zero attached hydrogens (tertiary/aromatic N) is 3. The van der Waals surface area contributed by atoms with Gasteiger partial charge in [-0.15, -0.1) is 0 Å². The van der Waals surface area contributed by atoms with Crippen LogP contribution in [0.2, 0.25) is 0 Å². The molecule has 2 rings (SSSR count). The summed E-state index contributed by atoms with van der Waals surface area (Å²) in [6.45, 7) is 6.71. The molecule has 0 radical (unpaired) electrons. The predicted octanol–water partition coefficient (Wildman–Crippen LogP) is 0.265. The molecule has 1 aromatic heterocycles. The van der Waals surface area contributed by atoms with E-state index in [2.05, 4.69) is 15.4 Å². The molecule has 1 atom stereocenters. The third kappa shape index (κ3) is 2.14. The van der Waals surface area contributed by atoms with E-state index < -0.39 is 0 Å². The number of Topliss-reactive ketones (excluding diaryl/α,β-unsaturated/α-hetero) is 1. The van der Waals surface area contributed by atoms with Crippen LogP contribution in [0.4, 0.5) is 0 Å². The average Bonchev–Trinajstić information content (AvgIpc) is 2.62. The van der Waals surface area contributed by atoms with Crippen molar-refractivity contribution in [2.24, 2.45) is 11.8 Å². The summed E-state index contributed by atoms with van der Waals surface area (Å²) >= 11 is 0. The average molecular weight is 222 g/mol. The molecule has 1 aromatic rings. The van der Waals surface area contributed by atoms with Crippen molar-refractivity contribution in [3.8, 4) is 0 Å². The summed E-state index contributed by atoms with van der Waals surface area (Å²) in [5.74, 6) is 1.69. The highest BCUT2D eigenvalue weighted by Crippen LogP contribution is 2.18. The molecule has 0 saturated carbocycles. The minimum atomic E-state index is 0.128. The van der Waals surface area contributed by atoms with E-state index in [1.54, 1.807) is 4.68 Å². The Morgan fingerprint density at radius 1 is 1.69 bits per heavy atom. The quantitative estimate of drug-likeness (QED) is 0.776. The number of rotatable bonds is 5. The van der Waals surface area contributed by atoms with Crippen molar-refractivity contribution in [1.29, 1.82) is 0 Å². The zero-order chi connectivity index (χ0) is 11.5. The van der Waals surface area contributed by atoms with Gasteiger partial charge in [0.2, 0.25) is 0 Å². The van der Waals surface area contributed by atoms with E-state index in [0.717, 1.165) is 25.5 Å². The number of carbonyl (C=O) groups is 1. The summed E-state index contributed by atoms with van der Waals surface area (Å²) in [5.41, 5.74) is 0. The maximum Gasteiger partial charge on any atom is 0.143 e. The van der Waals surface area contributed by atoms with Crippen LogP contribution >= 0.6 is 0 Å². The van der Waals surface area contributed by atoms with Crippen molar-refractivity contribution in [3.63, 3.8) is 0 Å². The van der Waals surface area contributed by atoms with Crippen LogP contribution in [0.5, 0.6) is 0 Å². The molecule has 16 heavy (non-hydrogen) atoms. The second kappa shape index (κ2) is 4.74. The first-order chi connectivity index (χ1) is 7.72. The number of ketones is 1. The zero-order valence-electron chi connectivity index (χ0n) is 9.81. The Morgan fingerprint density at radius 2 is 2.44 bits per heavy atom. The van der Waals surface area contributed by atoms with Gasteiger partial charge < -0.3 is 5.32 Å². The van der Waals surface area contributed by atoms with Crippen molar-refractivity contribution in [2.45, 2.75) is 26.8 Å². The van der Waals surface area contributed by atoms with Crippen molar-refractivity contribution in [2.75, 3.05) is 13.1 Å². The van der Waals surface area contributed by atoms with Gasteiger partial charge in [-0.3, -0.25) is 4.79 Å². The minimum absolute atomic E-state index is 0.128. The van der Waals surface area contributed by atoms with Gasteiger partial charge in [-0.2, -0.15) is 5.10 Å². The largest absolute Gasteiger partial charge is 0.316 e. The van der Waals surface area contributed by atoms with Gasteiger partial charge in [-0.05, 0) is 25.9 Å². The second-order valence-electron chi connectivity index (χ2n) is 4.34. The molecule has 0 spiro atoms. The first-order valence-electron chi connectivity index (χ1n) is 5.82. The van der Waals surface area contributed by atoms with Crippen LogP contribution < -0.4 is 5.32 Å². The Morgan fingerprint density at radius 3 is 3.00 bits per heavy atom. The monoisotopic (exact) mass is 222 g/mol. The lowest BCUT2D eigenvalue weighted by atomic mass is 9.85. The van der Waals surface area contributed by atoms with Crippen molar-refractivity contribution in [3.05, 3.63) is 12.2 Å². The normalized spacial score (nSPS) is 18.1. The van der Waals surface area contributed by atoms with Gasteiger partial charge in [0, 0.05) is 12.5 Å². The molecule has 0 amide bonds. The van der Waals surface area contributed by atoms with Gasteiger partial charge in [-0.1, -0.05) is 6.92 Å². The molecule has 1 saturated heterocycles. The smallest absolute Gasteiger partial charge is 0.143 e. The summed E-state index contributed by atoms with van der Waals surface area (Å²) in [6.07, 6.45) is 1.92. The molecule has 0 aromatic carbocycles. The first kappa shape index (κ1) is 11.3. The number of hydrogen-bond acceptors (Lipinski definition) is 4. The summed E-state index contributed by atoms with van der Waals surface area (Å²) in [5, 5.41) is 7.26. The molecule has 0 aliphatic carbocycles. The Labute approximate surface area is 95.2 Å². The second-order valence-corrected chi connectivity index (χ2v) is 4.34. The van der Waals surface area contributed by atoms with Crippen LogP contribution in [0.15, 0.2) is 6.33 Å². The third-order valence-corrected chi connectivity index (χ3v) is 3.36. The molecule has 5 heteroatoms. The molecular weight excluding hydrogens is 204 g/mol. The molecule has 1 N–H and O–H groups in total. The molecule has 1 aliphatic heterocycles. The van der Waals surface area contributed by atoms with Crippen LogP contribution in [0.3, 0.4) is 0 Å². The number of aromatic nitrogens is 3. The Hall–Kier alpha value is -1.23. The SMILES string of the molecule is CCn1ncnc1CC(=O)C(C)C1CNC1. The van der Waals surface area contributed by atoms with Gasteiger partial charge in [0.15, 0.2) is 0 Å².